The van der Waals surface area contributed by atoms with Gasteiger partial charge in [-0.3, -0.25) is 9.80 Å². The zero-order valence-corrected chi connectivity index (χ0v) is 9.02. The number of carbonyl (C=O) groups excluding carboxylic acids is 1. The summed E-state index contributed by atoms with van der Waals surface area (Å²) in [6.07, 6.45) is 1.71. The van der Waals surface area contributed by atoms with E-state index in [0.29, 0.717) is 13.0 Å². The van der Waals surface area contributed by atoms with Crippen molar-refractivity contribution in [2.45, 2.75) is 13.3 Å². The highest BCUT2D eigenvalue weighted by molar-refractivity contribution is 7.90. The summed E-state index contributed by atoms with van der Waals surface area (Å²) >= 11 is 0. The van der Waals surface area contributed by atoms with Crippen molar-refractivity contribution in [1.29, 1.82) is 0 Å². The van der Waals surface area contributed by atoms with E-state index in [-0.39, 0.29) is 11.7 Å². The van der Waals surface area contributed by atoms with Crippen molar-refractivity contribution < 1.29 is 13.2 Å². The molecule has 0 radical (unpaired) electrons. The molecule has 0 aromatic carbocycles. The molecule has 0 rings (SSSR count). The van der Waals surface area contributed by atoms with E-state index in [1.807, 2.05) is 0 Å². The number of sulfone groups is 1. The standard InChI is InChI=1S/C7H16N2O3S/c1-7(10)9(2)8-5-4-6-13(3,11)12/h8H,4-6H2,1-3H3. The molecule has 13 heavy (non-hydrogen) atoms. The van der Waals surface area contributed by atoms with Crippen molar-refractivity contribution in [2.75, 3.05) is 25.6 Å². The summed E-state index contributed by atoms with van der Waals surface area (Å²) in [6, 6.07) is 0. The van der Waals surface area contributed by atoms with E-state index >= 15 is 0 Å². The molecule has 5 nitrogen and oxygen atoms in total. The van der Waals surface area contributed by atoms with Gasteiger partial charge in [-0.15, -0.1) is 0 Å². The highest BCUT2D eigenvalue weighted by Gasteiger charge is 2.03. The van der Waals surface area contributed by atoms with Crippen LogP contribution in [0.5, 0.6) is 0 Å². The second-order valence-corrected chi connectivity index (χ2v) is 5.23. The zero-order chi connectivity index (χ0) is 10.5. The number of hydrogen-bond donors (Lipinski definition) is 1. The number of rotatable bonds is 5. The molecule has 6 heteroatoms. The van der Waals surface area contributed by atoms with E-state index in [4.69, 9.17) is 0 Å². The van der Waals surface area contributed by atoms with Crippen LogP contribution in [0.1, 0.15) is 13.3 Å². The Morgan fingerprint density at radius 1 is 1.46 bits per heavy atom. The minimum Gasteiger partial charge on any atom is -0.281 e. The van der Waals surface area contributed by atoms with E-state index in [1.54, 1.807) is 7.05 Å². The SMILES string of the molecule is CC(=O)N(C)NCCCS(C)(=O)=O. The second kappa shape index (κ2) is 5.18. The largest absolute Gasteiger partial charge is 0.281 e. The highest BCUT2D eigenvalue weighted by Crippen LogP contribution is 1.87. The third-order valence-electron chi connectivity index (χ3n) is 1.51. The van der Waals surface area contributed by atoms with Gasteiger partial charge in [0, 0.05) is 26.8 Å². The minimum absolute atomic E-state index is 0.0978. The van der Waals surface area contributed by atoms with Crippen molar-refractivity contribution in [2.24, 2.45) is 0 Å². The van der Waals surface area contributed by atoms with E-state index in [2.05, 4.69) is 5.43 Å². The second-order valence-electron chi connectivity index (χ2n) is 2.97. The van der Waals surface area contributed by atoms with E-state index < -0.39 is 9.84 Å². The quantitative estimate of drug-likeness (QED) is 0.484. The normalized spacial score (nSPS) is 11.3. The summed E-state index contributed by atoms with van der Waals surface area (Å²) in [4.78, 5) is 10.7. The topological polar surface area (TPSA) is 66.5 Å². The summed E-state index contributed by atoms with van der Waals surface area (Å²) in [7, 11) is -1.29. The highest BCUT2D eigenvalue weighted by atomic mass is 32.2. The third kappa shape index (κ3) is 7.73. The molecule has 0 aliphatic rings. The molecule has 0 saturated heterocycles. The Morgan fingerprint density at radius 2 is 2.00 bits per heavy atom. The molecule has 1 amide bonds. The van der Waals surface area contributed by atoms with Gasteiger partial charge in [0.05, 0.1) is 5.75 Å². The van der Waals surface area contributed by atoms with Gasteiger partial charge in [0.15, 0.2) is 0 Å². The number of carbonyl (C=O) groups is 1. The van der Waals surface area contributed by atoms with Crippen molar-refractivity contribution >= 4 is 15.7 Å². The van der Waals surface area contributed by atoms with Gasteiger partial charge in [-0.25, -0.2) is 13.8 Å². The fourth-order valence-corrected chi connectivity index (χ4v) is 1.36. The molecule has 0 aliphatic carbocycles. The molecule has 0 aromatic rings. The minimum atomic E-state index is -2.89. The van der Waals surface area contributed by atoms with E-state index in [9.17, 15) is 13.2 Å². The number of amides is 1. The monoisotopic (exact) mass is 208 g/mol. The van der Waals surface area contributed by atoms with Crippen LogP contribution in [0, 0.1) is 0 Å². The summed E-state index contributed by atoms with van der Waals surface area (Å²) in [5.74, 6) is 0.0468. The smallest absolute Gasteiger partial charge is 0.233 e. The van der Waals surface area contributed by atoms with Crippen molar-refractivity contribution in [3.05, 3.63) is 0 Å². The van der Waals surface area contributed by atoms with Gasteiger partial charge in [-0.1, -0.05) is 0 Å². The molecule has 78 valence electrons. The van der Waals surface area contributed by atoms with Crippen LogP contribution in [-0.2, 0) is 14.6 Å². The summed E-state index contributed by atoms with van der Waals surface area (Å²) < 4.78 is 21.4. The lowest BCUT2D eigenvalue weighted by Gasteiger charge is -2.15. The Labute approximate surface area is 79.0 Å². The van der Waals surface area contributed by atoms with Gasteiger partial charge in [-0.05, 0) is 6.42 Å². The maximum absolute atomic E-state index is 10.7. The molecule has 0 atom stereocenters. The summed E-state index contributed by atoms with van der Waals surface area (Å²) in [5, 5.41) is 1.34. The van der Waals surface area contributed by atoms with Gasteiger partial charge >= 0.3 is 0 Å². The molecule has 0 saturated carbocycles. The lowest BCUT2D eigenvalue weighted by Crippen LogP contribution is -2.38. The van der Waals surface area contributed by atoms with Crippen LogP contribution in [0.25, 0.3) is 0 Å². The molecular formula is C7H16N2O3S. The third-order valence-corrected chi connectivity index (χ3v) is 2.54. The predicted molar refractivity (Wildman–Crippen MR) is 50.8 cm³/mol. The first-order valence-electron chi connectivity index (χ1n) is 3.98. The Hall–Kier alpha value is -0.620. The Morgan fingerprint density at radius 3 is 2.38 bits per heavy atom. The average Bonchev–Trinajstić information content (AvgIpc) is 1.95. The maximum atomic E-state index is 10.7. The molecule has 0 heterocycles. The van der Waals surface area contributed by atoms with Gasteiger partial charge < -0.3 is 0 Å². The predicted octanol–water partition coefficient (Wildman–Crippen LogP) is -0.596. The molecule has 0 fully saturated rings. The van der Waals surface area contributed by atoms with E-state index in [0.717, 1.165) is 0 Å². The Bertz CT molecular complexity index is 261. The van der Waals surface area contributed by atoms with Gasteiger partial charge in [0.1, 0.15) is 9.84 Å². The molecule has 0 aliphatic heterocycles. The van der Waals surface area contributed by atoms with Gasteiger partial charge in [0.2, 0.25) is 5.91 Å². The lowest BCUT2D eigenvalue weighted by molar-refractivity contribution is -0.130. The molecule has 0 aromatic heterocycles. The maximum Gasteiger partial charge on any atom is 0.233 e. The van der Waals surface area contributed by atoms with Crippen molar-refractivity contribution in [1.82, 2.24) is 10.4 Å². The molecule has 0 unspecified atom stereocenters. The Balaban J connectivity index is 3.53. The lowest BCUT2D eigenvalue weighted by atomic mass is 10.5. The number of nitrogens with one attached hydrogen (secondary N) is 1. The number of nitrogens with zero attached hydrogens (tertiary/aromatic N) is 1. The molecule has 1 N–H and O–H groups in total. The zero-order valence-electron chi connectivity index (χ0n) is 8.20. The summed E-state index contributed by atoms with van der Waals surface area (Å²) in [6.45, 7) is 1.92. The van der Waals surface area contributed by atoms with Crippen LogP contribution in [0.15, 0.2) is 0 Å². The van der Waals surface area contributed by atoms with Crippen LogP contribution < -0.4 is 5.43 Å². The van der Waals surface area contributed by atoms with Crippen molar-refractivity contribution in [3.8, 4) is 0 Å². The van der Waals surface area contributed by atoms with Gasteiger partial charge in [0.25, 0.3) is 0 Å². The Kier molecular flexibility index (Phi) is 4.94. The van der Waals surface area contributed by atoms with E-state index in [1.165, 1.54) is 18.2 Å². The van der Waals surface area contributed by atoms with Crippen LogP contribution in [0.3, 0.4) is 0 Å². The molecule has 0 spiro atoms. The van der Waals surface area contributed by atoms with Crippen LogP contribution >= 0.6 is 0 Å². The number of hydrogen-bond acceptors (Lipinski definition) is 4. The van der Waals surface area contributed by atoms with Crippen molar-refractivity contribution in [3.63, 3.8) is 0 Å². The van der Waals surface area contributed by atoms with Gasteiger partial charge in [-0.2, -0.15) is 0 Å². The molecule has 0 bridgehead atoms. The summed E-state index contributed by atoms with van der Waals surface area (Å²) in [5.41, 5.74) is 2.77. The first-order valence-corrected chi connectivity index (χ1v) is 6.04. The first-order chi connectivity index (χ1) is 5.83. The number of hydrazine groups is 1. The average molecular weight is 208 g/mol. The van der Waals surface area contributed by atoms with Crippen LogP contribution in [0.4, 0.5) is 0 Å². The van der Waals surface area contributed by atoms with Crippen LogP contribution in [0.2, 0.25) is 0 Å². The van der Waals surface area contributed by atoms with Crippen LogP contribution in [-0.4, -0.2) is 44.9 Å². The first kappa shape index (κ1) is 12.4. The fourth-order valence-electron chi connectivity index (χ4n) is 0.692. The fraction of sp³-hybridized carbons (Fsp3) is 0.857. The molecular weight excluding hydrogens is 192 g/mol.